The highest BCUT2D eigenvalue weighted by Crippen LogP contribution is 2.27. The Morgan fingerprint density at radius 2 is 1.58 bits per heavy atom. The van der Waals surface area contributed by atoms with Crippen molar-refractivity contribution in [3.05, 3.63) is 23.8 Å². The third-order valence-electron chi connectivity index (χ3n) is 2.89. The number of benzene rings is 1. The molecule has 1 aromatic carbocycles. The van der Waals surface area contributed by atoms with Crippen molar-refractivity contribution in [2.24, 2.45) is 0 Å². The number of hydrogen-bond donors (Lipinski definition) is 0. The molecule has 0 heterocycles. The molecule has 0 amide bonds. The Morgan fingerprint density at radius 3 is 1.95 bits per heavy atom. The van der Waals surface area contributed by atoms with Crippen LogP contribution in [0, 0.1) is 0 Å². The molecular weight excluding hydrogens is 288 g/mol. The van der Waals surface area contributed by atoms with Crippen LogP contribution in [-0.4, -0.2) is 35.1 Å². The van der Waals surface area contributed by atoms with Gasteiger partial charge in [-0.05, 0) is 24.6 Å². The zero-order chi connectivity index (χ0) is 15.0. The molecule has 0 aliphatic rings. The van der Waals surface area contributed by atoms with Gasteiger partial charge in [-0.1, -0.05) is 13.0 Å². The second-order valence-electron chi connectivity index (χ2n) is 4.58. The van der Waals surface area contributed by atoms with Crippen LogP contribution in [0.1, 0.15) is 25.3 Å². The van der Waals surface area contributed by atoms with Gasteiger partial charge >= 0.3 is 0 Å². The van der Waals surface area contributed by atoms with E-state index in [-0.39, 0.29) is 15.6 Å². The zero-order valence-corrected chi connectivity index (χ0v) is 12.8. The molecule has 0 radical (unpaired) electrons. The van der Waals surface area contributed by atoms with Crippen molar-refractivity contribution in [3.63, 3.8) is 0 Å². The predicted molar refractivity (Wildman–Crippen MR) is 71.8 cm³/mol. The Balaban J connectivity index is 3.65. The lowest BCUT2D eigenvalue weighted by Gasteiger charge is -2.14. The van der Waals surface area contributed by atoms with Crippen molar-refractivity contribution in [1.82, 2.24) is 0 Å². The summed E-state index contributed by atoms with van der Waals surface area (Å²) in [4.78, 5) is 11.2. The summed E-state index contributed by atoms with van der Waals surface area (Å²) in [6, 6.07) is 3.82. The molecule has 0 bridgehead atoms. The Morgan fingerprint density at radius 1 is 1.05 bits per heavy atom. The molecule has 0 N–H and O–H groups in total. The molecule has 0 fully saturated rings. The molecule has 1 aromatic rings. The van der Waals surface area contributed by atoms with E-state index in [4.69, 9.17) is 0 Å². The summed E-state index contributed by atoms with van der Waals surface area (Å²) in [6.45, 7) is 2.95. The van der Waals surface area contributed by atoms with Gasteiger partial charge in [0.2, 0.25) is 0 Å². The van der Waals surface area contributed by atoms with Gasteiger partial charge in [-0.3, -0.25) is 4.79 Å². The molecule has 1 unspecified atom stereocenters. The van der Waals surface area contributed by atoms with Crippen LogP contribution < -0.4 is 0 Å². The second kappa shape index (κ2) is 5.05. The SMILES string of the molecule is CC(=O)C(C)c1ccc(S(C)(=O)=O)cc1S(C)(=O)=O. The molecule has 5 nitrogen and oxygen atoms in total. The topological polar surface area (TPSA) is 85.3 Å². The minimum absolute atomic E-state index is 0.0765. The first-order valence-electron chi connectivity index (χ1n) is 5.49. The molecule has 106 valence electrons. The van der Waals surface area contributed by atoms with Crippen LogP contribution in [0.4, 0.5) is 0 Å². The van der Waals surface area contributed by atoms with Crippen molar-refractivity contribution in [2.75, 3.05) is 12.5 Å². The van der Waals surface area contributed by atoms with E-state index in [9.17, 15) is 21.6 Å². The summed E-state index contributed by atoms with van der Waals surface area (Å²) in [5.74, 6) is -0.782. The molecule has 0 aromatic heterocycles. The number of ketones is 1. The van der Waals surface area contributed by atoms with Gasteiger partial charge in [0.05, 0.1) is 9.79 Å². The van der Waals surface area contributed by atoms with E-state index in [1.54, 1.807) is 6.92 Å². The van der Waals surface area contributed by atoms with Gasteiger partial charge in [0, 0.05) is 18.4 Å². The van der Waals surface area contributed by atoms with Crippen LogP contribution in [0.3, 0.4) is 0 Å². The number of Topliss-reactive ketones (excluding diaryl/α,β-unsaturated/α-hetero) is 1. The monoisotopic (exact) mass is 304 g/mol. The molecule has 1 atom stereocenters. The highest BCUT2D eigenvalue weighted by atomic mass is 32.2. The average molecular weight is 304 g/mol. The van der Waals surface area contributed by atoms with Gasteiger partial charge in [-0.25, -0.2) is 16.8 Å². The van der Waals surface area contributed by atoms with Crippen LogP contribution in [0.15, 0.2) is 28.0 Å². The number of carbonyl (C=O) groups is 1. The maximum atomic E-state index is 11.8. The summed E-state index contributed by atoms with van der Waals surface area (Å²) in [5, 5.41) is 0. The van der Waals surface area contributed by atoms with Gasteiger partial charge in [0.1, 0.15) is 5.78 Å². The standard InChI is InChI=1S/C12H16O5S2/c1-8(9(2)13)11-6-5-10(18(3,14)15)7-12(11)19(4,16)17/h5-8H,1-4H3. The largest absolute Gasteiger partial charge is 0.299 e. The smallest absolute Gasteiger partial charge is 0.175 e. The lowest BCUT2D eigenvalue weighted by atomic mass is 9.98. The summed E-state index contributed by atoms with van der Waals surface area (Å²) in [5.41, 5.74) is 0.322. The van der Waals surface area contributed by atoms with Crippen LogP contribution in [0.25, 0.3) is 0 Å². The van der Waals surface area contributed by atoms with E-state index in [1.165, 1.54) is 19.1 Å². The number of carbonyl (C=O) groups excluding carboxylic acids is 1. The number of hydrogen-bond acceptors (Lipinski definition) is 5. The molecule has 19 heavy (non-hydrogen) atoms. The summed E-state index contributed by atoms with van der Waals surface area (Å²) in [7, 11) is -7.11. The number of sulfone groups is 2. The van der Waals surface area contributed by atoms with E-state index in [0.717, 1.165) is 18.6 Å². The van der Waals surface area contributed by atoms with E-state index >= 15 is 0 Å². The van der Waals surface area contributed by atoms with Crippen LogP contribution in [0.2, 0.25) is 0 Å². The quantitative estimate of drug-likeness (QED) is 0.834. The average Bonchev–Trinajstić information content (AvgIpc) is 2.24. The molecule has 0 spiro atoms. The van der Waals surface area contributed by atoms with Gasteiger partial charge in [-0.2, -0.15) is 0 Å². The Kier molecular flexibility index (Phi) is 4.21. The van der Waals surface area contributed by atoms with E-state index in [0.29, 0.717) is 5.56 Å². The van der Waals surface area contributed by atoms with Crippen LogP contribution in [-0.2, 0) is 24.5 Å². The van der Waals surface area contributed by atoms with Gasteiger partial charge in [-0.15, -0.1) is 0 Å². The highest BCUT2D eigenvalue weighted by Gasteiger charge is 2.22. The summed E-state index contributed by atoms with van der Waals surface area (Å²) < 4.78 is 46.4. The predicted octanol–water partition coefficient (Wildman–Crippen LogP) is 1.19. The first-order chi connectivity index (χ1) is 8.44. The fourth-order valence-electron chi connectivity index (χ4n) is 1.64. The van der Waals surface area contributed by atoms with Crippen LogP contribution >= 0.6 is 0 Å². The van der Waals surface area contributed by atoms with E-state index in [1.807, 2.05) is 0 Å². The molecule has 0 saturated carbocycles. The van der Waals surface area contributed by atoms with Gasteiger partial charge in [0.25, 0.3) is 0 Å². The van der Waals surface area contributed by atoms with Crippen molar-refractivity contribution in [3.8, 4) is 0 Å². The van der Waals surface area contributed by atoms with Crippen molar-refractivity contribution < 1.29 is 21.6 Å². The third kappa shape index (κ3) is 3.63. The Labute approximate surface area is 113 Å². The molecule has 7 heteroatoms. The molecule has 0 aliphatic carbocycles. The van der Waals surface area contributed by atoms with E-state index < -0.39 is 25.6 Å². The first-order valence-corrected chi connectivity index (χ1v) is 9.27. The van der Waals surface area contributed by atoms with E-state index in [2.05, 4.69) is 0 Å². The minimum Gasteiger partial charge on any atom is -0.299 e. The van der Waals surface area contributed by atoms with Gasteiger partial charge < -0.3 is 0 Å². The fourth-order valence-corrected chi connectivity index (χ4v) is 3.38. The number of rotatable bonds is 4. The minimum atomic E-state index is -3.61. The highest BCUT2D eigenvalue weighted by molar-refractivity contribution is 7.91. The maximum absolute atomic E-state index is 11.8. The lowest BCUT2D eigenvalue weighted by molar-refractivity contribution is -0.118. The Bertz CT molecular complexity index is 714. The zero-order valence-electron chi connectivity index (χ0n) is 11.2. The van der Waals surface area contributed by atoms with Crippen molar-refractivity contribution in [2.45, 2.75) is 29.6 Å². The van der Waals surface area contributed by atoms with Gasteiger partial charge in [0.15, 0.2) is 19.7 Å². The molecular formula is C12H16O5S2. The second-order valence-corrected chi connectivity index (χ2v) is 8.58. The fraction of sp³-hybridized carbons (Fsp3) is 0.417. The van der Waals surface area contributed by atoms with Crippen LogP contribution in [0.5, 0.6) is 0 Å². The maximum Gasteiger partial charge on any atom is 0.175 e. The molecule has 0 aliphatic heterocycles. The lowest BCUT2D eigenvalue weighted by Crippen LogP contribution is -2.12. The normalized spacial score (nSPS) is 14.1. The summed E-state index contributed by atoms with van der Waals surface area (Å²) >= 11 is 0. The van der Waals surface area contributed by atoms with Crippen molar-refractivity contribution in [1.29, 1.82) is 0 Å². The molecule has 1 rings (SSSR count). The summed E-state index contributed by atoms with van der Waals surface area (Å²) in [6.07, 6.45) is 1.99. The molecule has 0 saturated heterocycles. The first kappa shape index (κ1) is 15.8. The van der Waals surface area contributed by atoms with Crippen molar-refractivity contribution >= 4 is 25.5 Å². The third-order valence-corrected chi connectivity index (χ3v) is 5.15. The Hall–Kier alpha value is -1.21.